The van der Waals surface area contributed by atoms with Gasteiger partial charge in [-0.2, -0.15) is 4.39 Å². The monoisotopic (exact) mass is 1110 g/mol. The van der Waals surface area contributed by atoms with Gasteiger partial charge in [-0.1, -0.05) is 12.0 Å². The average Bonchev–Trinajstić information content (AvgIpc) is 4.14. The number of likely N-dealkylation sites (tertiary alicyclic amines) is 3. The van der Waals surface area contributed by atoms with Gasteiger partial charge < -0.3 is 34.2 Å². The van der Waals surface area contributed by atoms with Crippen molar-refractivity contribution in [2.24, 2.45) is 0 Å². The Hall–Kier alpha value is -2.34. The maximum Gasteiger partial charge on any atom is 0.410 e. The van der Waals surface area contributed by atoms with Gasteiger partial charge in [-0.25, -0.2) is 19.7 Å². The molecule has 11 rings (SSSR count). The second kappa shape index (κ2) is 23.8. The third-order valence-electron chi connectivity index (χ3n) is 12.6. The van der Waals surface area contributed by atoms with E-state index in [9.17, 15) is 9.18 Å². The number of amides is 1. The Kier molecular flexibility index (Phi) is 18.5. The number of piperazine rings is 3. The van der Waals surface area contributed by atoms with Crippen molar-refractivity contribution in [3.63, 3.8) is 0 Å². The molecule has 6 atom stereocenters. The highest BCUT2D eigenvalue weighted by Crippen LogP contribution is 2.37. The number of hydrogen-bond donors (Lipinski definition) is 1. The van der Waals surface area contributed by atoms with Crippen molar-refractivity contribution < 1.29 is 23.4 Å². The number of terminal acetylenes is 1. The molecule has 0 unspecified atom stereocenters. The van der Waals surface area contributed by atoms with Crippen LogP contribution in [0.3, 0.4) is 0 Å². The molecule has 1 N–H and O–H groups in total. The van der Waals surface area contributed by atoms with Crippen molar-refractivity contribution >= 4 is 98.2 Å². The summed E-state index contributed by atoms with van der Waals surface area (Å²) in [6.45, 7) is 17.6. The number of aryl methyl sites for hydroxylation is 1. The number of nitrogens with one attached hydrogen (secondary N) is 1. The van der Waals surface area contributed by atoms with Gasteiger partial charge in [-0.3, -0.25) is 9.80 Å². The highest BCUT2D eigenvalue weighted by molar-refractivity contribution is 14.1. The number of aromatic nitrogens is 3. The number of ether oxygens (including phenoxy) is 3. The lowest BCUT2D eigenvalue weighted by Crippen LogP contribution is -2.56. The number of hydrogen-bond acceptors (Lipinski definition) is 14. The highest BCUT2D eigenvalue weighted by Gasteiger charge is 2.49. The predicted molar refractivity (Wildman–Crippen MR) is 277 cm³/mol. The first-order chi connectivity index (χ1) is 31.3. The molecule has 8 fully saturated rings. The van der Waals surface area contributed by atoms with E-state index in [1.54, 1.807) is 12.3 Å². The quantitative estimate of drug-likeness (QED) is 0.224. The van der Waals surface area contributed by atoms with E-state index in [-0.39, 0.29) is 11.7 Å². The minimum atomic E-state index is -0.421. The molecule has 3 aromatic heterocycles. The number of fused-ring (bicyclic) bond motifs is 6. The summed E-state index contributed by atoms with van der Waals surface area (Å²) < 4.78 is 29.1. The fourth-order valence-corrected chi connectivity index (χ4v) is 15.2. The predicted octanol–water partition coefficient (Wildman–Crippen LogP) is 4.55. The average molecular weight is 1110 g/mol. The summed E-state index contributed by atoms with van der Waals surface area (Å²) >= 11 is 11.3. The number of rotatable bonds is 4. The second-order valence-electron chi connectivity index (χ2n) is 18.1. The Labute approximate surface area is 417 Å². The van der Waals surface area contributed by atoms with Gasteiger partial charge in [0.25, 0.3) is 0 Å². The minimum absolute atomic E-state index is 0.161. The van der Waals surface area contributed by atoms with Gasteiger partial charge in [0.2, 0.25) is 5.95 Å². The Morgan fingerprint density at radius 2 is 1.37 bits per heavy atom. The van der Waals surface area contributed by atoms with E-state index in [1.165, 1.54) is 70.7 Å². The summed E-state index contributed by atoms with van der Waals surface area (Å²) in [5.74, 6) is 4.40. The molecule has 8 saturated heterocycles. The molecule has 0 saturated carbocycles. The van der Waals surface area contributed by atoms with Crippen LogP contribution in [0.1, 0.15) is 51.2 Å². The van der Waals surface area contributed by atoms with Crippen LogP contribution in [0.2, 0.25) is 0 Å². The number of pyridine rings is 3. The molecule has 3 aromatic rings. The van der Waals surface area contributed by atoms with Crippen LogP contribution >= 0.6 is 22.6 Å². The Morgan fingerprint density at radius 1 is 0.785 bits per heavy atom. The molecule has 0 aliphatic carbocycles. The molecule has 65 heavy (non-hydrogen) atoms. The van der Waals surface area contributed by atoms with Gasteiger partial charge in [0.1, 0.15) is 17.2 Å². The first-order valence-electron chi connectivity index (χ1n) is 21.8. The van der Waals surface area contributed by atoms with E-state index < -0.39 is 5.95 Å². The van der Waals surface area contributed by atoms with Crippen molar-refractivity contribution in [3.05, 3.63) is 75.6 Å². The van der Waals surface area contributed by atoms with Gasteiger partial charge in [-0.05, 0) is 105 Å². The van der Waals surface area contributed by atoms with Crippen LogP contribution in [0, 0.1) is 28.8 Å². The van der Waals surface area contributed by atoms with Gasteiger partial charge in [0, 0.05) is 161 Å². The Morgan fingerprint density at radius 3 is 1.72 bits per heavy atom. The molecule has 8 aliphatic heterocycles. The van der Waals surface area contributed by atoms with Gasteiger partial charge in [-0.15, -0.1) is 6.42 Å². The zero-order valence-electron chi connectivity index (χ0n) is 37.0. The maximum atomic E-state index is 12.0. The van der Waals surface area contributed by atoms with Crippen LogP contribution < -0.4 is 15.1 Å². The van der Waals surface area contributed by atoms with E-state index in [4.69, 9.17) is 20.6 Å². The maximum absolute atomic E-state index is 12.0. The fourth-order valence-electron chi connectivity index (χ4n) is 9.44. The van der Waals surface area contributed by atoms with Gasteiger partial charge in [0.05, 0.1) is 38.5 Å². The first kappa shape index (κ1) is 50.5. The van der Waals surface area contributed by atoms with Crippen LogP contribution in [-0.4, -0.2) is 155 Å². The first-order valence-corrected chi connectivity index (χ1v) is 29.5. The van der Waals surface area contributed by atoms with E-state index in [1.807, 2.05) is 50.9 Å². The smallest absolute Gasteiger partial charge is 0.410 e. The lowest BCUT2D eigenvalue weighted by atomic mass is 10.1. The summed E-state index contributed by atoms with van der Waals surface area (Å²) in [5.41, 5.74) is 1.44. The number of carbonyl (C=O) groups is 1. The molecular weight excluding hydrogens is 1060 g/mol. The number of carbonyl (C=O) groups excluding carboxylic acids is 1. The zero-order valence-corrected chi connectivity index (χ0v) is 44.1. The largest absolute Gasteiger partial charge is 0.444 e. The normalized spacial score (nSPS) is 26.1. The van der Waals surface area contributed by atoms with E-state index >= 15 is 0 Å². The Balaban J connectivity index is 0.000000128. The molecule has 21 heteroatoms. The third kappa shape index (κ3) is 13.7. The lowest BCUT2D eigenvalue weighted by Gasteiger charge is -2.42. The number of halogens is 2. The lowest BCUT2D eigenvalue weighted by molar-refractivity contribution is -0.0708. The topological polar surface area (TPSA) is 112 Å². The van der Waals surface area contributed by atoms with Gasteiger partial charge >= 0.3 is 6.09 Å². The Bertz CT molecular complexity index is 2240. The summed E-state index contributed by atoms with van der Waals surface area (Å²) in [7, 11) is 5.63. The molecule has 0 spiro atoms. The van der Waals surface area contributed by atoms with Crippen LogP contribution in [0.5, 0.6) is 0 Å². The van der Waals surface area contributed by atoms with Crippen molar-refractivity contribution in [2.45, 2.75) is 101 Å². The molecule has 11 heterocycles. The van der Waals surface area contributed by atoms with E-state index in [0.29, 0.717) is 48.3 Å². The molecule has 0 radical (unpaired) electrons. The minimum Gasteiger partial charge on any atom is -0.444 e. The molecule has 6 bridgehead atoms. The molecule has 352 valence electrons. The SMILES string of the molecule is C#Cc1ccc(N2C[C@H]3C[C@@H]2CN3C2COC2)nc1.CC(C)(C)OC(=O)N1C[C@H]2C[C@@H]1CN2.Cc1ccc(F)nc1.Ic1ccc(N2C[C@H]3C[C@@H]2CN3C2COC2)nc1.S=S=S=S=S=S. The number of anilines is 2. The van der Waals surface area contributed by atoms with Crippen LogP contribution in [0.4, 0.5) is 20.8 Å². The van der Waals surface area contributed by atoms with Crippen molar-refractivity contribution in [1.29, 1.82) is 0 Å². The van der Waals surface area contributed by atoms with Crippen LogP contribution in [0.25, 0.3) is 0 Å². The fraction of sp³-hybridized carbons (Fsp3) is 0.591. The van der Waals surface area contributed by atoms with Crippen LogP contribution in [-0.2, 0) is 72.1 Å². The van der Waals surface area contributed by atoms with E-state index in [0.717, 1.165) is 88.3 Å². The van der Waals surface area contributed by atoms with Crippen molar-refractivity contribution in [2.75, 3.05) is 75.5 Å². The highest BCUT2D eigenvalue weighted by atomic mass is 127. The molecular formula is C44H57FIN9O4S6. The van der Waals surface area contributed by atoms with E-state index in [2.05, 4.69) is 103 Å². The standard InChI is InChI=1S/C15H17N3O.C13H16IN3O.C10H18N2O2.C6H6FN.S6/c1-2-11-3-4-15(16-6-11)18-8-12-5-13(18)7-17(12)14-9-19-10-14;14-9-1-2-13(15-4-9)17-6-10-3-11(17)5-16(10)12-7-18-8-12;1-10(2,3)14-9(13)12-6-7-4-8(12)5-11-7;1-5-2-3-6(7)8-4-5;1-3-5-6-4-2/h1,3-4,6,12-14H,5,7-10H2;1-2,4,10-12H,3,5-8H2;7-8,11H,4-6H2,1-3H3;2-4H,1H3;/t12-,13-;10-,11-;7-,8-;;/m111../s1. The molecule has 0 aromatic carbocycles. The summed E-state index contributed by atoms with van der Waals surface area (Å²) in [5, 5.41) is 3.35. The molecule has 1 amide bonds. The summed E-state index contributed by atoms with van der Waals surface area (Å²) in [6.07, 6.45) is 14.1. The second-order valence-corrected chi connectivity index (χ2v) is 26.4. The summed E-state index contributed by atoms with van der Waals surface area (Å²) in [6, 6.07) is 16.2. The molecule has 8 aliphatic rings. The summed E-state index contributed by atoms with van der Waals surface area (Å²) in [4.78, 5) is 36.2. The van der Waals surface area contributed by atoms with Crippen molar-refractivity contribution in [3.8, 4) is 12.3 Å². The zero-order chi connectivity index (χ0) is 46.1. The molecule has 13 nitrogen and oxygen atoms in total. The third-order valence-corrected chi connectivity index (χ3v) is 19.9. The van der Waals surface area contributed by atoms with Gasteiger partial charge in [0.15, 0.2) is 0 Å². The van der Waals surface area contributed by atoms with Crippen LogP contribution in [0.15, 0.2) is 55.0 Å². The number of nitrogens with zero attached hydrogens (tertiary/aromatic N) is 8. The van der Waals surface area contributed by atoms with Crippen molar-refractivity contribution in [1.82, 2.24) is 35.0 Å².